The zero-order valence-corrected chi connectivity index (χ0v) is 8.55. The van der Waals surface area contributed by atoms with Crippen LogP contribution in [0, 0.1) is 0 Å². The van der Waals surface area contributed by atoms with E-state index in [1.165, 1.54) is 0 Å². The standard InChI is InChI=1S/C5H5N.C5H10O5/c1-2-4-6-5-3-1;6-1-2-3(7)4(8)5(9)10-2/h1-5H;2-9H,1H2/t;2-,3-,4-,5?/m.1/s1. The fourth-order valence-electron chi connectivity index (χ4n) is 1.19. The van der Waals surface area contributed by atoms with E-state index in [2.05, 4.69) is 9.72 Å². The highest BCUT2D eigenvalue weighted by Gasteiger charge is 2.41. The number of ether oxygens (including phenoxy) is 1. The Kier molecular flexibility index (Phi) is 5.30. The van der Waals surface area contributed by atoms with Crippen LogP contribution in [0.1, 0.15) is 0 Å². The highest BCUT2D eigenvalue weighted by Crippen LogP contribution is 2.18. The van der Waals surface area contributed by atoms with Crippen LogP contribution < -0.4 is 0 Å². The van der Waals surface area contributed by atoms with Crippen molar-refractivity contribution in [1.29, 1.82) is 0 Å². The summed E-state index contributed by atoms with van der Waals surface area (Å²) in [4.78, 5) is 3.78. The zero-order valence-electron chi connectivity index (χ0n) is 8.55. The first-order valence-corrected chi connectivity index (χ1v) is 4.82. The third kappa shape index (κ3) is 3.51. The van der Waals surface area contributed by atoms with Crippen molar-refractivity contribution in [2.75, 3.05) is 6.61 Å². The monoisotopic (exact) mass is 229 g/mol. The van der Waals surface area contributed by atoms with Crippen molar-refractivity contribution in [3.63, 3.8) is 0 Å². The summed E-state index contributed by atoms with van der Waals surface area (Å²) in [6, 6.07) is 5.72. The minimum absolute atomic E-state index is 0.407. The lowest BCUT2D eigenvalue weighted by molar-refractivity contribution is -0.132. The highest BCUT2D eigenvalue weighted by atomic mass is 16.6. The number of pyridine rings is 1. The maximum Gasteiger partial charge on any atom is 0.184 e. The molecule has 6 nitrogen and oxygen atoms in total. The van der Waals surface area contributed by atoms with Gasteiger partial charge in [0.2, 0.25) is 0 Å². The number of rotatable bonds is 1. The molecule has 0 bridgehead atoms. The minimum atomic E-state index is -1.38. The number of nitrogens with zero attached hydrogens (tertiary/aromatic N) is 1. The Balaban J connectivity index is 0.000000181. The molecule has 0 radical (unpaired) electrons. The van der Waals surface area contributed by atoms with Crippen LogP contribution in [0.15, 0.2) is 30.6 Å². The Bertz CT molecular complexity index is 257. The summed E-state index contributed by atoms with van der Waals surface area (Å²) in [6.45, 7) is -0.407. The maximum absolute atomic E-state index is 8.93. The number of hydrogen-bond donors (Lipinski definition) is 4. The van der Waals surface area contributed by atoms with Crippen molar-refractivity contribution >= 4 is 0 Å². The van der Waals surface area contributed by atoms with Crippen molar-refractivity contribution in [3.05, 3.63) is 30.6 Å². The lowest BCUT2D eigenvalue weighted by Crippen LogP contribution is -2.33. The van der Waals surface area contributed by atoms with E-state index in [1.54, 1.807) is 12.4 Å². The summed E-state index contributed by atoms with van der Waals surface area (Å²) in [6.07, 6.45) is -1.26. The van der Waals surface area contributed by atoms with E-state index < -0.39 is 31.2 Å². The zero-order chi connectivity index (χ0) is 12.0. The van der Waals surface area contributed by atoms with E-state index in [0.29, 0.717) is 0 Å². The van der Waals surface area contributed by atoms with Crippen LogP contribution in [0.4, 0.5) is 0 Å². The van der Waals surface area contributed by atoms with Gasteiger partial charge in [-0.15, -0.1) is 0 Å². The number of aromatic nitrogens is 1. The van der Waals surface area contributed by atoms with Crippen LogP contribution in [-0.4, -0.2) is 56.6 Å². The molecule has 90 valence electrons. The molecule has 1 fully saturated rings. The molecule has 2 heterocycles. The number of aliphatic hydroxyl groups excluding tert-OH is 4. The SMILES string of the molecule is OC[C@H]1OC(O)[C@H](O)[C@@H]1O.c1ccncc1. The summed E-state index contributed by atoms with van der Waals surface area (Å²) in [5.74, 6) is 0. The van der Waals surface area contributed by atoms with Crippen molar-refractivity contribution in [1.82, 2.24) is 4.98 Å². The van der Waals surface area contributed by atoms with Gasteiger partial charge in [0.25, 0.3) is 0 Å². The molecule has 0 aromatic carbocycles. The van der Waals surface area contributed by atoms with Gasteiger partial charge in [0.15, 0.2) is 6.29 Å². The molecule has 1 aliphatic rings. The van der Waals surface area contributed by atoms with Gasteiger partial charge in [-0.05, 0) is 12.1 Å². The first kappa shape index (κ1) is 13.0. The molecular formula is C10H15NO5. The molecule has 0 saturated carbocycles. The second kappa shape index (κ2) is 6.51. The van der Waals surface area contributed by atoms with Gasteiger partial charge in [-0.25, -0.2) is 0 Å². The van der Waals surface area contributed by atoms with Crippen molar-refractivity contribution in [3.8, 4) is 0 Å². The van der Waals surface area contributed by atoms with E-state index >= 15 is 0 Å². The molecule has 1 aromatic heterocycles. The van der Waals surface area contributed by atoms with Gasteiger partial charge in [0.05, 0.1) is 6.61 Å². The van der Waals surface area contributed by atoms with Gasteiger partial charge in [0.1, 0.15) is 18.3 Å². The second-order valence-corrected chi connectivity index (χ2v) is 3.25. The van der Waals surface area contributed by atoms with Crippen LogP contribution >= 0.6 is 0 Å². The second-order valence-electron chi connectivity index (χ2n) is 3.25. The smallest absolute Gasteiger partial charge is 0.184 e. The van der Waals surface area contributed by atoms with Crippen LogP contribution in [0.3, 0.4) is 0 Å². The van der Waals surface area contributed by atoms with E-state index in [1.807, 2.05) is 18.2 Å². The molecular weight excluding hydrogens is 214 g/mol. The van der Waals surface area contributed by atoms with E-state index in [0.717, 1.165) is 0 Å². The molecule has 16 heavy (non-hydrogen) atoms. The number of aliphatic hydroxyl groups is 4. The predicted octanol–water partition coefficient (Wildman–Crippen LogP) is -1.50. The van der Waals surface area contributed by atoms with Gasteiger partial charge in [-0.1, -0.05) is 6.07 Å². The van der Waals surface area contributed by atoms with E-state index in [9.17, 15) is 0 Å². The largest absolute Gasteiger partial charge is 0.394 e. The fourth-order valence-corrected chi connectivity index (χ4v) is 1.19. The fraction of sp³-hybridized carbons (Fsp3) is 0.500. The summed E-state index contributed by atoms with van der Waals surface area (Å²) < 4.78 is 4.54. The van der Waals surface area contributed by atoms with Crippen molar-refractivity contribution in [2.24, 2.45) is 0 Å². The van der Waals surface area contributed by atoms with Crippen LogP contribution in [0.5, 0.6) is 0 Å². The molecule has 4 N–H and O–H groups in total. The third-order valence-electron chi connectivity index (χ3n) is 2.08. The van der Waals surface area contributed by atoms with Gasteiger partial charge in [0, 0.05) is 12.4 Å². The van der Waals surface area contributed by atoms with Crippen molar-refractivity contribution in [2.45, 2.75) is 24.6 Å². The lowest BCUT2D eigenvalue weighted by Gasteiger charge is -2.09. The van der Waals surface area contributed by atoms with Crippen LogP contribution in [0.2, 0.25) is 0 Å². The predicted molar refractivity (Wildman–Crippen MR) is 54.2 cm³/mol. The Morgan fingerprint density at radius 1 is 1.00 bits per heavy atom. The van der Waals surface area contributed by atoms with Crippen LogP contribution in [0.25, 0.3) is 0 Å². The van der Waals surface area contributed by atoms with Gasteiger partial charge in [-0.3, -0.25) is 4.98 Å². The van der Waals surface area contributed by atoms with Gasteiger partial charge >= 0.3 is 0 Å². The summed E-state index contributed by atoms with van der Waals surface area (Å²) in [7, 11) is 0. The quantitative estimate of drug-likeness (QED) is 0.467. The summed E-state index contributed by atoms with van der Waals surface area (Å²) in [5.41, 5.74) is 0. The molecule has 2 rings (SSSR count). The molecule has 1 saturated heterocycles. The van der Waals surface area contributed by atoms with E-state index in [4.69, 9.17) is 20.4 Å². The topological polar surface area (TPSA) is 103 Å². The molecule has 4 atom stereocenters. The molecule has 6 heteroatoms. The normalized spacial score (nSPS) is 33.0. The van der Waals surface area contributed by atoms with Gasteiger partial charge < -0.3 is 25.2 Å². The Labute approximate surface area is 92.8 Å². The molecule has 0 aliphatic carbocycles. The first-order chi connectivity index (χ1) is 7.66. The molecule has 1 aromatic rings. The number of hydrogen-bond acceptors (Lipinski definition) is 6. The van der Waals surface area contributed by atoms with Crippen molar-refractivity contribution < 1.29 is 25.2 Å². The Hall–Kier alpha value is -1.05. The Morgan fingerprint density at radius 3 is 1.81 bits per heavy atom. The molecule has 0 spiro atoms. The Morgan fingerprint density at radius 2 is 1.62 bits per heavy atom. The average Bonchev–Trinajstić information content (AvgIpc) is 2.59. The van der Waals surface area contributed by atoms with E-state index in [-0.39, 0.29) is 0 Å². The summed E-state index contributed by atoms with van der Waals surface area (Å²) in [5, 5.41) is 35.0. The average molecular weight is 229 g/mol. The minimum Gasteiger partial charge on any atom is -0.394 e. The highest BCUT2D eigenvalue weighted by molar-refractivity contribution is 4.88. The maximum atomic E-state index is 8.93. The molecule has 1 aliphatic heterocycles. The van der Waals surface area contributed by atoms with Crippen LogP contribution in [-0.2, 0) is 4.74 Å². The van der Waals surface area contributed by atoms with Gasteiger partial charge in [-0.2, -0.15) is 0 Å². The molecule has 1 unspecified atom stereocenters. The third-order valence-corrected chi connectivity index (χ3v) is 2.08. The lowest BCUT2D eigenvalue weighted by atomic mass is 10.1. The summed E-state index contributed by atoms with van der Waals surface area (Å²) >= 11 is 0. The molecule has 0 amide bonds. The first-order valence-electron chi connectivity index (χ1n) is 4.82.